The van der Waals surface area contributed by atoms with E-state index < -0.39 is 0 Å². The number of unbranched alkanes of at least 4 members (excludes halogenated alkanes) is 14. The highest BCUT2D eigenvalue weighted by molar-refractivity contribution is 5.69. The third-order valence-electron chi connectivity index (χ3n) is 4.75. The van der Waals surface area contributed by atoms with Gasteiger partial charge in [0, 0.05) is 6.42 Å². The molecule has 176 valence electrons. The van der Waals surface area contributed by atoms with Gasteiger partial charge in [-0.25, -0.2) is 0 Å². The molecule has 0 bridgehead atoms. The van der Waals surface area contributed by atoms with Crippen molar-refractivity contribution < 1.29 is 19.7 Å². The van der Waals surface area contributed by atoms with E-state index in [4.69, 9.17) is 14.9 Å². The average molecular weight is 417 g/mol. The Morgan fingerprint density at radius 1 is 0.655 bits per heavy atom. The summed E-state index contributed by atoms with van der Waals surface area (Å²) in [6.45, 7) is 8.84. The number of esters is 1. The molecule has 2 N–H and O–H groups in total. The molecule has 29 heavy (non-hydrogen) atoms. The minimum absolute atomic E-state index is 0.0235. The maximum Gasteiger partial charge on any atom is 0.305 e. The number of aliphatic hydroxyl groups excluding tert-OH is 2. The second-order valence-corrected chi connectivity index (χ2v) is 9.37. The van der Waals surface area contributed by atoms with Crippen LogP contribution in [0, 0.1) is 5.41 Å². The fourth-order valence-corrected chi connectivity index (χ4v) is 3.01. The van der Waals surface area contributed by atoms with Gasteiger partial charge in [0.05, 0.1) is 19.8 Å². The largest absolute Gasteiger partial charge is 0.465 e. The second-order valence-electron chi connectivity index (χ2n) is 9.37. The van der Waals surface area contributed by atoms with Crippen LogP contribution in [0.2, 0.25) is 0 Å². The van der Waals surface area contributed by atoms with E-state index in [1.165, 1.54) is 89.9 Å². The zero-order valence-corrected chi connectivity index (χ0v) is 20.1. The number of rotatable bonds is 18. The minimum atomic E-state index is -0.125. The first kappa shape index (κ1) is 30.6. The van der Waals surface area contributed by atoms with Gasteiger partial charge in [-0.2, -0.15) is 0 Å². The quantitative estimate of drug-likeness (QED) is 0.190. The van der Waals surface area contributed by atoms with Crippen molar-refractivity contribution in [3.63, 3.8) is 0 Å². The molecular formula is C25H52O4. The molecule has 0 aromatic heterocycles. The van der Waals surface area contributed by atoms with Gasteiger partial charge < -0.3 is 14.9 Å². The number of aliphatic hydroxyl groups is 2. The molecule has 0 fully saturated rings. The molecule has 0 aliphatic heterocycles. The van der Waals surface area contributed by atoms with Crippen molar-refractivity contribution in [1.29, 1.82) is 0 Å². The summed E-state index contributed by atoms with van der Waals surface area (Å²) < 4.78 is 5.29. The van der Waals surface area contributed by atoms with Crippen LogP contribution in [-0.2, 0) is 9.53 Å². The predicted molar refractivity (Wildman–Crippen MR) is 124 cm³/mol. The number of ether oxygens (including phenoxy) is 1. The molecule has 0 atom stereocenters. The van der Waals surface area contributed by atoms with Crippen LogP contribution in [0.5, 0.6) is 0 Å². The summed E-state index contributed by atoms with van der Waals surface area (Å²) >= 11 is 0. The Labute approximate surface area is 181 Å². The Balaban J connectivity index is 0. The first-order chi connectivity index (χ1) is 13.9. The van der Waals surface area contributed by atoms with Gasteiger partial charge in [-0.15, -0.1) is 0 Å². The van der Waals surface area contributed by atoms with Gasteiger partial charge >= 0.3 is 5.97 Å². The number of carbonyl (C=O) groups is 1. The zero-order valence-electron chi connectivity index (χ0n) is 20.1. The smallest absolute Gasteiger partial charge is 0.305 e. The third kappa shape index (κ3) is 32.3. The third-order valence-corrected chi connectivity index (χ3v) is 4.75. The van der Waals surface area contributed by atoms with Gasteiger partial charge in [-0.1, -0.05) is 118 Å². The molecule has 0 saturated carbocycles. The maximum absolute atomic E-state index is 11.6. The maximum atomic E-state index is 11.6. The highest BCUT2D eigenvalue weighted by Crippen LogP contribution is 2.15. The van der Waals surface area contributed by atoms with E-state index in [1.54, 1.807) is 0 Å². The van der Waals surface area contributed by atoms with E-state index in [2.05, 4.69) is 27.7 Å². The van der Waals surface area contributed by atoms with Crippen molar-refractivity contribution in [2.75, 3.05) is 19.8 Å². The summed E-state index contributed by atoms with van der Waals surface area (Å²) in [6, 6.07) is 0. The lowest BCUT2D eigenvalue weighted by Gasteiger charge is -2.17. The van der Waals surface area contributed by atoms with Crippen LogP contribution >= 0.6 is 0 Å². The van der Waals surface area contributed by atoms with Crippen molar-refractivity contribution in [2.45, 2.75) is 130 Å². The fraction of sp³-hybridized carbons (Fsp3) is 0.960. The molecule has 0 amide bonds. The lowest BCUT2D eigenvalue weighted by Crippen LogP contribution is -2.18. The van der Waals surface area contributed by atoms with Gasteiger partial charge in [-0.3, -0.25) is 4.79 Å². The summed E-state index contributed by atoms with van der Waals surface area (Å²) in [7, 11) is 0. The molecular weight excluding hydrogens is 364 g/mol. The number of carbonyl (C=O) groups excluding carboxylic acids is 1. The van der Waals surface area contributed by atoms with E-state index >= 15 is 0 Å². The molecule has 4 heteroatoms. The first-order valence-corrected chi connectivity index (χ1v) is 12.2. The molecule has 0 heterocycles. The topological polar surface area (TPSA) is 66.8 Å². The minimum Gasteiger partial charge on any atom is -0.465 e. The number of hydrogen-bond acceptors (Lipinski definition) is 4. The zero-order chi connectivity index (χ0) is 22.2. The van der Waals surface area contributed by atoms with Crippen LogP contribution in [-0.4, -0.2) is 36.0 Å². The van der Waals surface area contributed by atoms with Crippen molar-refractivity contribution in [3.05, 3.63) is 0 Å². The first-order valence-electron chi connectivity index (χ1n) is 12.2. The molecule has 0 spiro atoms. The molecule has 0 rings (SSSR count). The Morgan fingerprint density at radius 2 is 1.00 bits per heavy atom. The lowest BCUT2D eigenvalue weighted by atomic mass is 9.99. The second kappa shape index (κ2) is 23.7. The molecule has 0 saturated heterocycles. The fourth-order valence-electron chi connectivity index (χ4n) is 3.01. The summed E-state index contributed by atoms with van der Waals surface area (Å²) in [6.07, 6.45) is 20.9. The van der Waals surface area contributed by atoms with Crippen LogP contribution in [0.25, 0.3) is 0 Å². The van der Waals surface area contributed by atoms with Crippen molar-refractivity contribution in [1.82, 2.24) is 0 Å². The van der Waals surface area contributed by atoms with Crippen LogP contribution in [0.1, 0.15) is 130 Å². The van der Waals surface area contributed by atoms with Gasteiger partial charge in [0.25, 0.3) is 0 Å². The molecule has 4 nitrogen and oxygen atoms in total. The Kier molecular flexibility index (Phi) is 25.0. The number of hydrogen-bond donors (Lipinski definition) is 2. The highest BCUT2D eigenvalue weighted by atomic mass is 16.5. The van der Waals surface area contributed by atoms with Gasteiger partial charge in [0.1, 0.15) is 0 Å². The van der Waals surface area contributed by atoms with E-state index in [0.29, 0.717) is 13.0 Å². The Hall–Kier alpha value is -0.610. The summed E-state index contributed by atoms with van der Waals surface area (Å²) in [5.41, 5.74) is 0.0741. The van der Waals surface area contributed by atoms with Gasteiger partial charge in [-0.05, 0) is 11.8 Å². The van der Waals surface area contributed by atoms with Crippen LogP contribution in [0.3, 0.4) is 0 Å². The Bertz CT molecular complexity index is 321. The molecule has 0 radical (unpaired) electrons. The monoisotopic (exact) mass is 416 g/mol. The summed E-state index contributed by atoms with van der Waals surface area (Å²) in [5.74, 6) is -0.0235. The lowest BCUT2D eigenvalue weighted by molar-refractivity contribution is -0.146. The van der Waals surface area contributed by atoms with Gasteiger partial charge in [0.2, 0.25) is 0 Å². The van der Waals surface area contributed by atoms with Crippen molar-refractivity contribution in [3.8, 4) is 0 Å². The normalized spacial score (nSPS) is 11.1. The SMILES string of the molecule is CCCCCCCCCCCCCCCCCC(=O)OCC(C)(C)C.OCCO. The average Bonchev–Trinajstić information content (AvgIpc) is 2.69. The van der Waals surface area contributed by atoms with Crippen LogP contribution in [0.15, 0.2) is 0 Å². The van der Waals surface area contributed by atoms with E-state index in [9.17, 15) is 4.79 Å². The van der Waals surface area contributed by atoms with Crippen molar-refractivity contribution >= 4 is 5.97 Å². The summed E-state index contributed by atoms with van der Waals surface area (Å²) in [5, 5.41) is 15.2. The molecule has 0 aliphatic carbocycles. The molecule has 0 aromatic rings. The highest BCUT2D eigenvalue weighted by Gasteiger charge is 2.13. The van der Waals surface area contributed by atoms with E-state index in [1.807, 2.05) is 0 Å². The van der Waals surface area contributed by atoms with E-state index in [-0.39, 0.29) is 24.6 Å². The van der Waals surface area contributed by atoms with Crippen LogP contribution < -0.4 is 0 Å². The summed E-state index contributed by atoms with van der Waals surface area (Å²) in [4.78, 5) is 11.6. The standard InChI is InChI=1S/C23H46O2.C2H6O2/c1-5-6-7-8-9-10-11-12-13-14-15-16-17-18-19-20-22(24)25-21-23(2,3)4;3-1-2-4/h5-21H2,1-4H3;3-4H,1-2H2. The van der Waals surface area contributed by atoms with Gasteiger partial charge in [0.15, 0.2) is 0 Å². The van der Waals surface area contributed by atoms with Crippen molar-refractivity contribution in [2.24, 2.45) is 5.41 Å². The van der Waals surface area contributed by atoms with Crippen LogP contribution in [0.4, 0.5) is 0 Å². The molecule has 0 unspecified atom stereocenters. The molecule has 0 aliphatic rings. The van der Waals surface area contributed by atoms with E-state index in [0.717, 1.165) is 6.42 Å². The predicted octanol–water partition coefficient (Wildman–Crippen LogP) is 6.81. The molecule has 0 aromatic carbocycles. The Morgan fingerprint density at radius 3 is 1.31 bits per heavy atom.